The highest BCUT2D eigenvalue weighted by atomic mass is 35.5. The molecule has 0 fully saturated rings. The number of benzene rings is 1. The Balaban J connectivity index is 1.65. The first kappa shape index (κ1) is 15.6. The van der Waals surface area contributed by atoms with E-state index >= 15 is 0 Å². The fraction of sp³-hybridized carbons (Fsp3) is 0.111. The molecule has 0 aliphatic carbocycles. The molecule has 0 amide bonds. The van der Waals surface area contributed by atoms with E-state index in [4.69, 9.17) is 11.6 Å². The number of nitrogens with one attached hydrogen (secondary N) is 1. The van der Waals surface area contributed by atoms with Gasteiger partial charge in [0.15, 0.2) is 0 Å². The molecular weight excluding hydrogens is 358 g/mol. The number of halogens is 1. The average Bonchev–Trinajstić information content (AvgIpc) is 3.25. The maximum atomic E-state index is 6.01. The number of anilines is 1. The monoisotopic (exact) mass is 371 g/mol. The predicted molar refractivity (Wildman–Crippen MR) is 104 cm³/mol. The zero-order chi connectivity index (χ0) is 16.4. The van der Waals surface area contributed by atoms with Crippen LogP contribution in [0.25, 0.3) is 21.3 Å². The maximum absolute atomic E-state index is 6.01. The molecule has 6 heteroatoms. The zero-order valence-corrected chi connectivity index (χ0v) is 15.1. The van der Waals surface area contributed by atoms with Crippen molar-refractivity contribution in [2.45, 2.75) is 6.42 Å². The molecule has 4 aromatic rings. The fourth-order valence-corrected chi connectivity index (χ4v) is 4.36. The van der Waals surface area contributed by atoms with E-state index in [0.717, 1.165) is 45.1 Å². The summed E-state index contributed by atoms with van der Waals surface area (Å²) in [4.78, 5) is 11.2. The van der Waals surface area contributed by atoms with Gasteiger partial charge in [-0.25, -0.2) is 9.97 Å². The molecular formula is C18H14ClN3S2. The van der Waals surface area contributed by atoms with Crippen LogP contribution in [0, 0.1) is 0 Å². The van der Waals surface area contributed by atoms with Crippen LogP contribution in [0.1, 0.15) is 4.88 Å². The lowest BCUT2D eigenvalue weighted by atomic mass is 10.1. The highest BCUT2D eigenvalue weighted by Gasteiger charge is 2.13. The third-order valence-corrected chi connectivity index (χ3v) is 5.84. The van der Waals surface area contributed by atoms with Crippen LogP contribution in [0.4, 0.5) is 5.82 Å². The smallest absolute Gasteiger partial charge is 0.138 e. The molecule has 24 heavy (non-hydrogen) atoms. The molecule has 0 saturated heterocycles. The lowest BCUT2D eigenvalue weighted by Gasteiger charge is -2.08. The summed E-state index contributed by atoms with van der Waals surface area (Å²) in [6.45, 7) is 0.850. The second-order valence-corrected chi connectivity index (χ2v) is 7.64. The van der Waals surface area contributed by atoms with Gasteiger partial charge in [-0.2, -0.15) is 0 Å². The molecule has 1 aromatic carbocycles. The van der Waals surface area contributed by atoms with Crippen molar-refractivity contribution < 1.29 is 0 Å². The third-order valence-electron chi connectivity index (χ3n) is 3.77. The summed E-state index contributed by atoms with van der Waals surface area (Å²) in [6, 6.07) is 12.1. The van der Waals surface area contributed by atoms with Crippen molar-refractivity contribution in [1.82, 2.24) is 9.97 Å². The Morgan fingerprint density at radius 3 is 2.71 bits per heavy atom. The minimum Gasteiger partial charge on any atom is -0.369 e. The lowest BCUT2D eigenvalue weighted by molar-refractivity contribution is 1.03. The van der Waals surface area contributed by atoms with E-state index in [1.165, 1.54) is 4.88 Å². The summed E-state index contributed by atoms with van der Waals surface area (Å²) in [7, 11) is 0. The topological polar surface area (TPSA) is 37.8 Å². The molecule has 3 nitrogen and oxygen atoms in total. The normalized spacial score (nSPS) is 11.0. The van der Waals surface area contributed by atoms with E-state index in [1.807, 2.05) is 24.3 Å². The highest BCUT2D eigenvalue weighted by Crippen LogP contribution is 2.36. The molecule has 0 aliphatic heterocycles. The van der Waals surface area contributed by atoms with Gasteiger partial charge in [0.2, 0.25) is 0 Å². The maximum Gasteiger partial charge on any atom is 0.138 e. The Morgan fingerprint density at radius 2 is 1.92 bits per heavy atom. The number of fused-ring (bicyclic) bond motifs is 1. The summed E-state index contributed by atoms with van der Waals surface area (Å²) >= 11 is 9.42. The third kappa shape index (κ3) is 3.15. The van der Waals surface area contributed by atoms with Gasteiger partial charge in [0.05, 0.1) is 5.39 Å². The first-order valence-corrected chi connectivity index (χ1v) is 9.69. The standard InChI is InChI=1S/C18H14ClN3S2/c19-13-5-3-12(4-6-13)15-10-24-18-16(15)17(21-11-22-18)20-8-7-14-2-1-9-23-14/h1-6,9-11H,7-8H2,(H,20,21,22). The number of hydrogen-bond donors (Lipinski definition) is 1. The van der Waals surface area contributed by atoms with Crippen LogP contribution in [-0.2, 0) is 6.42 Å². The number of thiophene rings is 2. The molecule has 3 heterocycles. The van der Waals surface area contributed by atoms with Gasteiger partial charge in [-0.1, -0.05) is 29.8 Å². The fourth-order valence-electron chi connectivity index (χ4n) is 2.61. The summed E-state index contributed by atoms with van der Waals surface area (Å²) in [5.74, 6) is 0.891. The molecule has 1 N–H and O–H groups in total. The van der Waals surface area contributed by atoms with Crippen LogP contribution in [0.3, 0.4) is 0 Å². The summed E-state index contributed by atoms with van der Waals surface area (Å²) in [6.07, 6.45) is 2.61. The largest absolute Gasteiger partial charge is 0.369 e. The van der Waals surface area contributed by atoms with E-state index in [2.05, 4.69) is 38.2 Å². The van der Waals surface area contributed by atoms with Crippen LogP contribution in [-0.4, -0.2) is 16.5 Å². The van der Waals surface area contributed by atoms with Crippen LogP contribution in [0.5, 0.6) is 0 Å². The number of aromatic nitrogens is 2. The van der Waals surface area contributed by atoms with Crippen LogP contribution >= 0.6 is 34.3 Å². The van der Waals surface area contributed by atoms with Gasteiger partial charge in [-0.05, 0) is 35.6 Å². The molecule has 4 rings (SSSR count). The van der Waals surface area contributed by atoms with Crippen molar-refractivity contribution in [2.24, 2.45) is 0 Å². The molecule has 0 unspecified atom stereocenters. The summed E-state index contributed by atoms with van der Waals surface area (Å²) < 4.78 is 0. The van der Waals surface area contributed by atoms with Crippen LogP contribution in [0.15, 0.2) is 53.5 Å². The van der Waals surface area contributed by atoms with E-state index in [-0.39, 0.29) is 0 Å². The average molecular weight is 372 g/mol. The SMILES string of the molecule is Clc1ccc(-c2csc3ncnc(NCCc4cccs4)c23)cc1. The first-order chi connectivity index (χ1) is 11.8. The van der Waals surface area contributed by atoms with Crippen molar-refractivity contribution in [1.29, 1.82) is 0 Å². The molecule has 0 saturated carbocycles. The number of rotatable bonds is 5. The molecule has 0 bridgehead atoms. The lowest BCUT2D eigenvalue weighted by Crippen LogP contribution is -2.06. The Bertz CT molecular complexity index is 946. The number of hydrogen-bond acceptors (Lipinski definition) is 5. The Morgan fingerprint density at radius 1 is 1.04 bits per heavy atom. The second-order valence-electron chi connectivity index (χ2n) is 5.31. The van der Waals surface area contributed by atoms with E-state index < -0.39 is 0 Å². The Kier molecular flexibility index (Phi) is 4.47. The molecule has 0 aliphatic rings. The molecule has 120 valence electrons. The number of nitrogens with zero attached hydrogens (tertiary/aromatic N) is 2. The van der Waals surface area contributed by atoms with Crippen LogP contribution in [0.2, 0.25) is 5.02 Å². The Hall–Kier alpha value is -1.95. The van der Waals surface area contributed by atoms with Crippen molar-refractivity contribution in [3.05, 3.63) is 63.4 Å². The van der Waals surface area contributed by atoms with Gasteiger partial charge in [0.1, 0.15) is 17.0 Å². The van der Waals surface area contributed by atoms with Crippen LogP contribution < -0.4 is 5.32 Å². The van der Waals surface area contributed by atoms with Gasteiger partial charge >= 0.3 is 0 Å². The minimum absolute atomic E-state index is 0.740. The van der Waals surface area contributed by atoms with Crippen molar-refractivity contribution >= 4 is 50.3 Å². The van der Waals surface area contributed by atoms with Crippen molar-refractivity contribution in [3.63, 3.8) is 0 Å². The van der Waals surface area contributed by atoms with E-state index in [1.54, 1.807) is 29.0 Å². The zero-order valence-electron chi connectivity index (χ0n) is 12.7. The summed E-state index contributed by atoms with van der Waals surface area (Å²) in [5.41, 5.74) is 2.27. The molecule has 0 atom stereocenters. The highest BCUT2D eigenvalue weighted by molar-refractivity contribution is 7.17. The molecule has 0 radical (unpaired) electrons. The molecule has 0 spiro atoms. The quantitative estimate of drug-likeness (QED) is 0.487. The summed E-state index contributed by atoms with van der Waals surface area (Å²) in [5, 5.41) is 9.53. The minimum atomic E-state index is 0.740. The van der Waals surface area contributed by atoms with Gasteiger partial charge in [-0.3, -0.25) is 0 Å². The first-order valence-electron chi connectivity index (χ1n) is 7.55. The van der Waals surface area contributed by atoms with Crippen molar-refractivity contribution in [3.8, 4) is 11.1 Å². The second kappa shape index (κ2) is 6.89. The van der Waals surface area contributed by atoms with Gasteiger partial charge < -0.3 is 5.32 Å². The van der Waals surface area contributed by atoms with Gasteiger partial charge in [0, 0.05) is 27.4 Å². The Labute approximate surface area is 153 Å². The van der Waals surface area contributed by atoms with Gasteiger partial charge in [0.25, 0.3) is 0 Å². The van der Waals surface area contributed by atoms with Gasteiger partial charge in [-0.15, -0.1) is 22.7 Å². The van der Waals surface area contributed by atoms with E-state index in [0.29, 0.717) is 0 Å². The van der Waals surface area contributed by atoms with E-state index in [9.17, 15) is 0 Å². The van der Waals surface area contributed by atoms with Crippen molar-refractivity contribution in [2.75, 3.05) is 11.9 Å². The predicted octanol–water partition coefficient (Wildman–Crippen LogP) is 5.73. The molecule has 3 aromatic heterocycles.